The van der Waals surface area contributed by atoms with Crippen molar-refractivity contribution in [3.05, 3.63) is 35.4 Å². The molecule has 3 rings (SSSR count). The van der Waals surface area contributed by atoms with Crippen LogP contribution in [0.2, 0.25) is 0 Å². The molecule has 0 radical (unpaired) electrons. The fourth-order valence-corrected chi connectivity index (χ4v) is 3.51. The van der Waals surface area contributed by atoms with Crippen molar-refractivity contribution in [3.8, 4) is 0 Å². The summed E-state index contributed by atoms with van der Waals surface area (Å²) in [6.45, 7) is 6.06. The Bertz CT molecular complexity index is 642. The average molecular weight is 486 g/mol. The van der Waals surface area contributed by atoms with E-state index in [9.17, 15) is 4.79 Å². The Kier molecular flexibility index (Phi) is 8.34. The van der Waals surface area contributed by atoms with Crippen LogP contribution < -0.4 is 10.6 Å². The van der Waals surface area contributed by atoms with E-state index in [0.717, 1.165) is 44.9 Å². The number of likely N-dealkylation sites (tertiary alicyclic amines) is 1. The first-order valence-electron chi connectivity index (χ1n) is 9.52. The van der Waals surface area contributed by atoms with Gasteiger partial charge in [0, 0.05) is 46.3 Å². The maximum absolute atomic E-state index is 11.7. The number of benzene rings is 1. The molecule has 2 heterocycles. The summed E-state index contributed by atoms with van der Waals surface area (Å²) in [4.78, 5) is 17.9. The maximum atomic E-state index is 11.7. The first kappa shape index (κ1) is 21.9. The van der Waals surface area contributed by atoms with Crippen molar-refractivity contribution >= 4 is 35.8 Å². The normalized spacial score (nSPS) is 22.7. The molecule has 2 N–H and O–H groups in total. The lowest BCUT2D eigenvalue weighted by atomic mass is 10.0. The van der Waals surface area contributed by atoms with E-state index in [4.69, 9.17) is 4.74 Å². The molecule has 1 amide bonds. The van der Waals surface area contributed by atoms with Gasteiger partial charge in [0.2, 0.25) is 5.91 Å². The van der Waals surface area contributed by atoms with Crippen LogP contribution in [-0.2, 0) is 22.6 Å². The number of carbonyl (C=O) groups is 1. The Morgan fingerprint density at radius 3 is 2.56 bits per heavy atom. The molecule has 1 aromatic rings. The lowest BCUT2D eigenvalue weighted by molar-refractivity contribution is -0.128. The predicted molar refractivity (Wildman–Crippen MR) is 118 cm³/mol. The van der Waals surface area contributed by atoms with Crippen molar-refractivity contribution < 1.29 is 9.53 Å². The summed E-state index contributed by atoms with van der Waals surface area (Å²) >= 11 is 0. The summed E-state index contributed by atoms with van der Waals surface area (Å²) in [6, 6.07) is 8.42. The van der Waals surface area contributed by atoms with E-state index in [1.807, 2.05) is 4.90 Å². The summed E-state index contributed by atoms with van der Waals surface area (Å²) in [5.74, 6) is 1.05. The SMILES string of the molecule is CN=C(NCc1ccc(CN2CCCC2=O)cc1)NCC1(C)CCCO1.I. The number of ether oxygens (including phenoxy) is 1. The quantitative estimate of drug-likeness (QED) is 0.369. The van der Waals surface area contributed by atoms with E-state index in [2.05, 4.69) is 46.8 Å². The molecular weight excluding hydrogens is 455 g/mol. The number of nitrogens with zero attached hydrogens (tertiary/aromatic N) is 2. The van der Waals surface area contributed by atoms with Crippen LogP contribution in [0.4, 0.5) is 0 Å². The minimum absolute atomic E-state index is 0. The summed E-state index contributed by atoms with van der Waals surface area (Å²) < 4.78 is 5.80. The van der Waals surface area contributed by atoms with Crippen molar-refractivity contribution in [2.45, 2.75) is 51.3 Å². The number of aliphatic imine (C=N–C) groups is 1. The number of hydrogen-bond acceptors (Lipinski definition) is 3. The second-order valence-electron chi connectivity index (χ2n) is 7.42. The Morgan fingerprint density at radius 1 is 1.22 bits per heavy atom. The van der Waals surface area contributed by atoms with Gasteiger partial charge in [-0.3, -0.25) is 9.79 Å². The number of amides is 1. The maximum Gasteiger partial charge on any atom is 0.222 e. The van der Waals surface area contributed by atoms with Gasteiger partial charge in [-0.2, -0.15) is 0 Å². The molecule has 150 valence electrons. The Balaban J connectivity index is 0.00000261. The van der Waals surface area contributed by atoms with Gasteiger partial charge in [0.05, 0.1) is 5.60 Å². The lowest BCUT2D eigenvalue weighted by Gasteiger charge is -2.24. The van der Waals surface area contributed by atoms with Crippen molar-refractivity contribution in [1.82, 2.24) is 15.5 Å². The van der Waals surface area contributed by atoms with Gasteiger partial charge in [-0.05, 0) is 37.3 Å². The van der Waals surface area contributed by atoms with Gasteiger partial charge in [-0.15, -0.1) is 24.0 Å². The monoisotopic (exact) mass is 486 g/mol. The highest BCUT2D eigenvalue weighted by Crippen LogP contribution is 2.23. The van der Waals surface area contributed by atoms with Crippen LogP contribution in [0.1, 0.15) is 43.7 Å². The van der Waals surface area contributed by atoms with Crippen molar-refractivity contribution in [2.75, 3.05) is 26.7 Å². The first-order chi connectivity index (χ1) is 12.6. The molecule has 2 aliphatic heterocycles. The van der Waals surface area contributed by atoms with Gasteiger partial charge in [0.25, 0.3) is 0 Å². The highest BCUT2D eigenvalue weighted by Gasteiger charge is 2.29. The largest absolute Gasteiger partial charge is 0.373 e. The number of guanidine groups is 1. The molecule has 6 nitrogen and oxygen atoms in total. The summed E-state index contributed by atoms with van der Waals surface area (Å²) in [5.41, 5.74) is 2.28. The van der Waals surface area contributed by atoms with E-state index in [1.54, 1.807) is 7.05 Å². The Labute approximate surface area is 179 Å². The average Bonchev–Trinajstić information content (AvgIpc) is 3.26. The zero-order valence-corrected chi connectivity index (χ0v) is 18.6. The molecule has 0 aliphatic carbocycles. The fourth-order valence-electron chi connectivity index (χ4n) is 3.51. The van der Waals surface area contributed by atoms with Crippen molar-refractivity contribution in [2.24, 2.45) is 4.99 Å². The predicted octanol–water partition coefficient (Wildman–Crippen LogP) is 2.66. The zero-order valence-electron chi connectivity index (χ0n) is 16.3. The molecule has 27 heavy (non-hydrogen) atoms. The summed E-state index contributed by atoms with van der Waals surface area (Å²) in [5, 5.41) is 6.70. The smallest absolute Gasteiger partial charge is 0.222 e. The molecule has 2 aliphatic rings. The van der Waals surface area contributed by atoms with Crippen LogP contribution in [0.5, 0.6) is 0 Å². The molecule has 0 aromatic heterocycles. The highest BCUT2D eigenvalue weighted by atomic mass is 127. The highest BCUT2D eigenvalue weighted by molar-refractivity contribution is 14.0. The van der Waals surface area contributed by atoms with Crippen LogP contribution in [0, 0.1) is 0 Å². The van der Waals surface area contributed by atoms with E-state index in [1.165, 1.54) is 11.1 Å². The molecule has 1 atom stereocenters. The third kappa shape index (κ3) is 6.34. The Hall–Kier alpha value is -1.35. The summed E-state index contributed by atoms with van der Waals surface area (Å²) in [7, 11) is 1.78. The van der Waals surface area contributed by atoms with Gasteiger partial charge >= 0.3 is 0 Å². The van der Waals surface area contributed by atoms with Gasteiger partial charge in [-0.25, -0.2) is 0 Å². The zero-order chi connectivity index (χ0) is 18.4. The number of rotatable bonds is 6. The molecule has 1 aromatic carbocycles. The minimum Gasteiger partial charge on any atom is -0.373 e. The number of nitrogens with one attached hydrogen (secondary N) is 2. The molecule has 1 unspecified atom stereocenters. The van der Waals surface area contributed by atoms with Gasteiger partial charge in [-0.1, -0.05) is 24.3 Å². The van der Waals surface area contributed by atoms with E-state index >= 15 is 0 Å². The van der Waals surface area contributed by atoms with Crippen LogP contribution >= 0.6 is 24.0 Å². The van der Waals surface area contributed by atoms with Crippen molar-refractivity contribution in [3.63, 3.8) is 0 Å². The van der Waals surface area contributed by atoms with Gasteiger partial charge < -0.3 is 20.3 Å². The molecular formula is C20H31IN4O2. The molecule has 2 fully saturated rings. The molecule has 0 spiro atoms. The fraction of sp³-hybridized carbons (Fsp3) is 0.600. The van der Waals surface area contributed by atoms with Gasteiger partial charge in [0.15, 0.2) is 5.96 Å². The van der Waals surface area contributed by atoms with E-state index in [0.29, 0.717) is 19.5 Å². The van der Waals surface area contributed by atoms with Crippen LogP contribution in [0.3, 0.4) is 0 Å². The Morgan fingerprint density at radius 2 is 1.96 bits per heavy atom. The van der Waals surface area contributed by atoms with E-state index in [-0.39, 0.29) is 35.5 Å². The molecule has 7 heteroatoms. The third-order valence-electron chi connectivity index (χ3n) is 5.18. The number of carbonyl (C=O) groups excluding carboxylic acids is 1. The second kappa shape index (κ2) is 10.3. The van der Waals surface area contributed by atoms with Crippen LogP contribution in [0.25, 0.3) is 0 Å². The first-order valence-corrected chi connectivity index (χ1v) is 9.52. The number of hydrogen-bond donors (Lipinski definition) is 2. The molecule has 0 bridgehead atoms. The van der Waals surface area contributed by atoms with Crippen LogP contribution in [0.15, 0.2) is 29.3 Å². The van der Waals surface area contributed by atoms with E-state index < -0.39 is 0 Å². The minimum atomic E-state index is -0.0910. The molecule has 0 saturated carbocycles. The second-order valence-corrected chi connectivity index (χ2v) is 7.42. The summed E-state index contributed by atoms with van der Waals surface area (Å²) in [6.07, 6.45) is 3.88. The van der Waals surface area contributed by atoms with Crippen molar-refractivity contribution in [1.29, 1.82) is 0 Å². The third-order valence-corrected chi connectivity index (χ3v) is 5.18. The van der Waals surface area contributed by atoms with Crippen LogP contribution in [-0.4, -0.2) is 49.1 Å². The molecule has 2 saturated heterocycles. The lowest BCUT2D eigenvalue weighted by Crippen LogP contribution is -2.45. The number of halogens is 1. The topological polar surface area (TPSA) is 66.0 Å². The van der Waals surface area contributed by atoms with Gasteiger partial charge in [0.1, 0.15) is 0 Å². The standard InChI is InChI=1S/C20H30N4O2.HI/c1-20(10-4-12-26-20)15-23-19(21-2)22-13-16-6-8-17(9-7-16)14-24-11-3-5-18(24)25;/h6-9H,3-5,10-15H2,1-2H3,(H2,21,22,23);1H.